The molecule has 0 aromatic carbocycles. The van der Waals surface area contributed by atoms with Gasteiger partial charge in [-0.15, -0.1) is 0 Å². The van der Waals surface area contributed by atoms with E-state index in [4.69, 9.17) is 17.3 Å². The van der Waals surface area contributed by atoms with Gasteiger partial charge in [0.1, 0.15) is 5.52 Å². The monoisotopic (exact) mass is 179 g/mol. The van der Waals surface area contributed by atoms with Crippen LogP contribution in [0.4, 0.5) is 5.69 Å². The van der Waals surface area contributed by atoms with Crippen LogP contribution in [0.25, 0.3) is 10.9 Å². The summed E-state index contributed by atoms with van der Waals surface area (Å²) in [5.41, 5.74) is 7.02. The Hall–Kier alpha value is -1.35. The summed E-state index contributed by atoms with van der Waals surface area (Å²) in [5.74, 6) is 0. The Morgan fingerprint density at radius 1 is 1.17 bits per heavy atom. The maximum Gasteiger partial charge on any atom is 0.155 e. The lowest BCUT2D eigenvalue weighted by Crippen LogP contribution is -1.89. The lowest BCUT2D eigenvalue weighted by molar-refractivity contribution is 1.31. The Morgan fingerprint density at radius 2 is 1.92 bits per heavy atom. The molecule has 2 aromatic rings. The number of hydrogen-bond acceptors (Lipinski definition) is 3. The molecule has 0 aliphatic rings. The summed E-state index contributed by atoms with van der Waals surface area (Å²) < 4.78 is 0. The number of pyridine rings is 2. The van der Waals surface area contributed by atoms with Crippen LogP contribution in [0.5, 0.6) is 0 Å². The van der Waals surface area contributed by atoms with Gasteiger partial charge in [-0.1, -0.05) is 11.6 Å². The largest absolute Gasteiger partial charge is 0.398 e. The predicted octanol–water partition coefficient (Wildman–Crippen LogP) is 1.87. The van der Waals surface area contributed by atoms with E-state index in [1.165, 1.54) is 0 Å². The van der Waals surface area contributed by atoms with Crippen LogP contribution in [0.15, 0.2) is 24.5 Å². The lowest BCUT2D eigenvalue weighted by Gasteiger charge is -2.00. The van der Waals surface area contributed by atoms with Gasteiger partial charge in [0.05, 0.1) is 0 Å². The number of halogens is 1. The van der Waals surface area contributed by atoms with Gasteiger partial charge in [-0.2, -0.15) is 0 Å². The van der Waals surface area contributed by atoms with Crippen molar-refractivity contribution in [2.75, 3.05) is 5.73 Å². The van der Waals surface area contributed by atoms with Gasteiger partial charge in [0.2, 0.25) is 0 Å². The summed E-state index contributed by atoms with van der Waals surface area (Å²) in [6, 6.07) is 3.53. The van der Waals surface area contributed by atoms with E-state index in [0.29, 0.717) is 16.4 Å². The minimum Gasteiger partial charge on any atom is -0.398 e. The molecule has 0 aliphatic carbocycles. The molecule has 0 bridgehead atoms. The molecule has 0 aliphatic heterocycles. The van der Waals surface area contributed by atoms with Crippen molar-refractivity contribution in [3.63, 3.8) is 0 Å². The van der Waals surface area contributed by atoms with Crippen molar-refractivity contribution in [3.8, 4) is 0 Å². The fourth-order valence-corrected chi connectivity index (χ4v) is 1.27. The van der Waals surface area contributed by atoms with E-state index in [1.54, 1.807) is 24.5 Å². The number of nitrogens with two attached hydrogens (primary N) is 1. The topological polar surface area (TPSA) is 51.8 Å². The summed E-state index contributed by atoms with van der Waals surface area (Å²) >= 11 is 5.80. The van der Waals surface area contributed by atoms with Crippen LogP contribution < -0.4 is 5.73 Å². The van der Waals surface area contributed by atoms with Gasteiger partial charge in [-0.3, -0.25) is 4.98 Å². The number of anilines is 1. The number of rotatable bonds is 0. The number of fused-ring (bicyclic) bond motifs is 1. The van der Waals surface area contributed by atoms with Crippen molar-refractivity contribution in [2.24, 2.45) is 0 Å². The van der Waals surface area contributed by atoms with Gasteiger partial charge in [0, 0.05) is 23.5 Å². The van der Waals surface area contributed by atoms with Crippen molar-refractivity contribution in [1.29, 1.82) is 0 Å². The Bertz CT molecular complexity index is 386. The summed E-state index contributed by atoms with van der Waals surface area (Å²) in [6.45, 7) is 0. The van der Waals surface area contributed by atoms with Crippen LogP contribution in [0.3, 0.4) is 0 Å². The van der Waals surface area contributed by atoms with Crippen LogP contribution in [0, 0.1) is 0 Å². The van der Waals surface area contributed by atoms with Gasteiger partial charge in [0.25, 0.3) is 0 Å². The smallest absolute Gasteiger partial charge is 0.155 e. The van der Waals surface area contributed by atoms with Gasteiger partial charge < -0.3 is 5.73 Å². The molecule has 0 radical (unpaired) electrons. The van der Waals surface area contributed by atoms with Crippen molar-refractivity contribution in [2.45, 2.75) is 0 Å². The number of nitrogen functional groups attached to an aromatic ring is 1. The summed E-state index contributed by atoms with van der Waals surface area (Å²) in [5, 5.41) is 1.23. The molecule has 2 rings (SSSR count). The fourth-order valence-electron chi connectivity index (χ4n) is 1.07. The minimum absolute atomic E-state index is 0.389. The van der Waals surface area contributed by atoms with Gasteiger partial charge in [-0.25, -0.2) is 4.98 Å². The zero-order valence-corrected chi connectivity index (χ0v) is 6.92. The van der Waals surface area contributed by atoms with Crippen LogP contribution in [0.2, 0.25) is 5.15 Å². The second kappa shape index (κ2) is 2.60. The Kier molecular flexibility index (Phi) is 1.59. The van der Waals surface area contributed by atoms with Crippen LogP contribution in [-0.4, -0.2) is 9.97 Å². The molecule has 60 valence electrons. The molecule has 0 amide bonds. The van der Waals surface area contributed by atoms with Gasteiger partial charge in [0.15, 0.2) is 5.15 Å². The third-order valence-electron chi connectivity index (χ3n) is 1.65. The third kappa shape index (κ3) is 0.987. The molecule has 0 saturated heterocycles. The first kappa shape index (κ1) is 7.31. The molecular weight excluding hydrogens is 174 g/mol. The van der Waals surface area contributed by atoms with Crippen LogP contribution in [0.1, 0.15) is 0 Å². The number of aromatic nitrogens is 2. The minimum atomic E-state index is 0.389. The van der Waals surface area contributed by atoms with Gasteiger partial charge >= 0.3 is 0 Å². The molecular formula is C8H6ClN3. The lowest BCUT2D eigenvalue weighted by atomic mass is 10.2. The molecule has 3 nitrogen and oxygen atoms in total. The second-order valence-corrected chi connectivity index (χ2v) is 2.76. The van der Waals surface area contributed by atoms with Crippen molar-refractivity contribution < 1.29 is 0 Å². The Labute approximate surface area is 74.2 Å². The highest BCUT2D eigenvalue weighted by Gasteiger charge is 2.01. The van der Waals surface area contributed by atoms with Crippen LogP contribution >= 0.6 is 11.6 Å². The summed E-state index contributed by atoms with van der Waals surface area (Å²) in [7, 11) is 0. The average molecular weight is 180 g/mol. The number of nitrogens with zero attached hydrogens (tertiary/aromatic N) is 2. The third-order valence-corrected chi connectivity index (χ3v) is 1.92. The van der Waals surface area contributed by atoms with E-state index < -0.39 is 0 Å². The van der Waals surface area contributed by atoms with E-state index in [2.05, 4.69) is 9.97 Å². The molecule has 12 heavy (non-hydrogen) atoms. The first-order valence-electron chi connectivity index (χ1n) is 3.44. The first-order valence-corrected chi connectivity index (χ1v) is 3.81. The molecule has 0 fully saturated rings. The number of hydrogen-bond donors (Lipinski definition) is 1. The highest BCUT2D eigenvalue weighted by atomic mass is 35.5. The Morgan fingerprint density at radius 3 is 2.67 bits per heavy atom. The van der Waals surface area contributed by atoms with E-state index in [1.807, 2.05) is 0 Å². The molecule has 2 heterocycles. The Balaban J connectivity index is 2.94. The zero-order chi connectivity index (χ0) is 8.55. The van der Waals surface area contributed by atoms with Crippen LogP contribution in [-0.2, 0) is 0 Å². The SMILES string of the molecule is Nc1ccnc2c(Cl)nccc12. The molecule has 2 aromatic heterocycles. The highest BCUT2D eigenvalue weighted by Crippen LogP contribution is 2.22. The summed E-state index contributed by atoms with van der Waals surface area (Å²) in [4.78, 5) is 7.96. The fraction of sp³-hybridized carbons (Fsp3) is 0. The molecule has 0 spiro atoms. The van der Waals surface area contributed by atoms with E-state index >= 15 is 0 Å². The highest BCUT2D eigenvalue weighted by molar-refractivity contribution is 6.34. The molecule has 0 saturated carbocycles. The molecule has 4 heteroatoms. The maximum absolute atomic E-state index is 5.80. The average Bonchev–Trinajstić information content (AvgIpc) is 2.07. The summed E-state index contributed by atoms with van der Waals surface area (Å²) in [6.07, 6.45) is 3.23. The van der Waals surface area contributed by atoms with Crippen molar-refractivity contribution >= 4 is 28.2 Å². The van der Waals surface area contributed by atoms with E-state index in [0.717, 1.165) is 5.39 Å². The molecule has 2 N–H and O–H groups in total. The molecule has 0 unspecified atom stereocenters. The van der Waals surface area contributed by atoms with E-state index in [-0.39, 0.29) is 0 Å². The predicted molar refractivity (Wildman–Crippen MR) is 49.0 cm³/mol. The molecule has 0 atom stereocenters. The first-order chi connectivity index (χ1) is 5.79. The standard InChI is InChI=1S/C8H6ClN3/c9-8-7-5(1-3-12-8)6(10)2-4-11-7/h1-4H,(H2,10,11). The normalized spacial score (nSPS) is 10.4. The van der Waals surface area contributed by atoms with Crippen molar-refractivity contribution in [1.82, 2.24) is 9.97 Å². The second-order valence-electron chi connectivity index (χ2n) is 2.40. The van der Waals surface area contributed by atoms with Crippen molar-refractivity contribution in [3.05, 3.63) is 29.7 Å². The quantitative estimate of drug-likeness (QED) is 0.628. The van der Waals surface area contributed by atoms with Gasteiger partial charge in [-0.05, 0) is 12.1 Å². The maximum atomic E-state index is 5.80. The van der Waals surface area contributed by atoms with E-state index in [9.17, 15) is 0 Å². The zero-order valence-electron chi connectivity index (χ0n) is 6.16.